The van der Waals surface area contributed by atoms with Crippen molar-refractivity contribution in [3.63, 3.8) is 0 Å². The first-order valence-electron chi connectivity index (χ1n) is 10.0. The monoisotopic (exact) mass is 416 g/mol. The Kier molecular flexibility index (Phi) is 4.62. The third kappa shape index (κ3) is 3.11. The van der Waals surface area contributed by atoms with Gasteiger partial charge in [-0.1, -0.05) is 36.4 Å². The van der Waals surface area contributed by atoms with E-state index in [0.29, 0.717) is 16.9 Å². The fraction of sp³-hybridized carbons (Fsp3) is 0.217. The van der Waals surface area contributed by atoms with Crippen LogP contribution < -0.4 is 11.3 Å². The van der Waals surface area contributed by atoms with Crippen LogP contribution in [0.5, 0.6) is 0 Å². The van der Waals surface area contributed by atoms with Crippen LogP contribution in [0.25, 0.3) is 16.5 Å². The molecule has 2 aliphatic heterocycles. The maximum Gasteiger partial charge on any atom is 0.263 e. The van der Waals surface area contributed by atoms with Crippen molar-refractivity contribution in [1.29, 1.82) is 0 Å². The summed E-state index contributed by atoms with van der Waals surface area (Å²) in [6.07, 6.45) is 0.907. The molecule has 0 amide bonds. The minimum absolute atomic E-state index is 0.101. The third-order valence-corrected chi connectivity index (χ3v) is 5.77. The second kappa shape index (κ2) is 7.46. The molecule has 0 aliphatic carbocycles. The first-order chi connectivity index (χ1) is 15.1. The maximum absolute atomic E-state index is 13.6. The normalized spacial score (nSPS) is 20.0. The fourth-order valence-electron chi connectivity index (χ4n) is 4.34. The molecule has 156 valence electrons. The number of hydrogen-bond donors (Lipinski definition) is 1. The lowest BCUT2D eigenvalue weighted by molar-refractivity contribution is 0.210. The number of pyridine rings is 1. The van der Waals surface area contributed by atoms with Crippen molar-refractivity contribution in [2.24, 2.45) is 26.7 Å². The summed E-state index contributed by atoms with van der Waals surface area (Å²) in [5.74, 6) is -0.192. The van der Waals surface area contributed by atoms with E-state index >= 15 is 0 Å². The fourth-order valence-corrected chi connectivity index (χ4v) is 4.34. The zero-order chi connectivity index (χ0) is 21.5. The van der Waals surface area contributed by atoms with Gasteiger partial charge in [-0.05, 0) is 36.1 Å². The molecule has 0 bridgehead atoms. The summed E-state index contributed by atoms with van der Waals surface area (Å²) in [5, 5.41) is 7.66. The Morgan fingerprint density at radius 1 is 1.13 bits per heavy atom. The molecule has 3 heterocycles. The number of halogens is 1. The van der Waals surface area contributed by atoms with E-state index in [9.17, 15) is 9.18 Å². The summed E-state index contributed by atoms with van der Waals surface area (Å²) in [5.41, 5.74) is 8.61. The van der Waals surface area contributed by atoms with Gasteiger partial charge in [0.1, 0.15) is 24.8 Å². The summed E-state index contributed by atoms with van der Waals surface area (Å²) in [6, 6.07) is 17.2. The molecule has 1 aromatic heterocycles. The number of hydrogen-bond acceptors (Lipinski definition) is 6. The molecule has 2 N–H and O–H groups in total. The van der Waals surface area contributed by atoms with Gasteiger partial charge in [-0.2, -0.15) is 5.10 Å². The number of amidine groups is 1. The number of aryl methyl sites for hydroxylation is 1. The highest BCUT2D eigenvalue weighted by molar-refractivity contribution is 6.10. The Balaban J connectivity index is 1.67. The number of aromatic nitrogens is 1. The summed E-state index contributed by atoms with van der Waals surface area (Å²) in [6.45, 7) is 1.47. The van der Waals surface area contributed by atoms with Crippen molar-refractivity contribution in [3.8, 4) is 5.69 Å². The van der Waals surface area contributed by atoms with Crippen LogP contribution in [0.15, 0.2) is 74.5 Å². The van der Waals surface area contributed by atoms with Crippen LogP contribution in [0.4, 0.5) is 4.39 Å². The van der Waals surface area contributed by atoms with Gasteiger partial charge < -0.3 is 5.73 Å². The van der Waals surface area contributed by atoms with Crippen LogP contribution in [-0.2, 0) is 6.54 Å². The van der Waals surface area contributed by atoms with Crippen molar-refractivity contribution in [3.05, 3.63) is 76.2 Å². The first-order valence-corrected chi connectivity index (χ1v) is 10.0. The molecular formula is C23H21FN6O. The summed E-state index contributed by atoms with van der Waals surface area (Å²) in [4.78, 5) is 22.0. The molecule has 8 heteroatoms. The number of hydrazone groups is 1. The van der Waals surface area contributed by atoms with Gasteiger partial charge in [-0.25, -0.2) is 14.4 Å². The maximum atomic E-state index is 13.6. The molecule has 0 radical (unpaired) electrons. The lowest BCUT2D eigenvalue weighted by Gasteiger charge is -2.27. The topological polar surface area (TPSA) is 88.3 Å². The summed E-state index contributed by atoms with van der Waals surface area (Å²) < 4.78 is 15.3. The molecular weight excluding hydrogens is 395 g/mol. The van der Waals surface area contributed by atoms with Crippen molar-refractivity contribution < 1.29 is 4.39 Å². The molecule has 0 saturated carbocycles. The molecule has 2 aliphatic rings. The SMILES string of the molecule is Cc1cccc2cc(CN3N=C(CF)C4C(N)=NC=NC43)n(-c3ccccc3)c(=O)c12. The molecule has 0 fully saturated rings. The average Bonchev–Trinajstić information content (AvgIpc) is 3.13. The van der Waals surface area contributed by atoms with Crippen molar-refractivity contribution >= 4 is 28.7 Å². The number of fused-ring (bicyclic) bond motifs is 2. The molecule has 2 aromatic carbocycles. The molecule has 31 heavy (non-hydrogen) atoms. The van der Waals surface area contributed by atoms with Crippen LogP contribution >= 0.6 is 0 Å². The van der Waals surface area contributed by atoms with Gasteiger partial charge in [0.15, 0.2) is 6.17 Å². The molecule has 7 nitrogen and oxygen atoms in total. The number of aliphatic imine (C=N–C) groups is 2. The molecule has 2 atom stereocenters. The van der Waals surface area contributed by atoms with Gasteiger partial charge in [0.2, 0.25) is 0 Å². The Hall–Kier alpha value is -3.81. The van der Waals surface area contributed by atoms with Gasteiger partial charge in [0.25, 0.3) is 5.56 Å². The van der Waals surface area contributed by atoms with Crippen LogP contribution in [0, 0.1) is 12.8 Å². The second-order valence-electron chi connectivity index (χ2n) is 7.68. The Morgan fingerprint density at radius 3 is 2.71 bits per heavy atom. The Labute approximate surface area is 178 Å². The number of nitrogens with two attached hydrogens (primary N) is 1. The average molecular weight is 416 g/mol. The van der Waals surface area contributed by atoms with E-state index in [1.165, 1.54) is 6.34 Å². The first kappa shape index (κ1) is 19.2. The van der Waals surface area contributed by atoms with E-state index in [1.807, 2.05) is 61.5 Å². The van der Waals surface area contributed by atoms with Crippen LogP contribution in [-0.4, -0.2) is 40.3 Å². The van der Waals surface area contributed by atoms with Crippen LogP contribution in [0.1, 0.15) is 11.3 Å². The van der Waals surface area contributed by atoms with Crippen LogP contribution in [0.3, 0.4) is 0 Å². The molecule has 3 aromatic rings. The zero-order valence-corrected chi connectivity index (χ0v) is 16.9. The number of benzene rings is 2. The summed E-state index contributed by atoms with van der Waals surface area (Å²) >= 11 is 0. The number of para-hydroxylation sites is 1. The second-order valence-corrected chi connectivity index (χ2v) is 7.68. The highest BCUT2D eigenvalue weighted by Gasteiger charge is 2.41. The predicted molar refractivity (Wildman–Crippen MR) is 121 cm³/mol. The van der Waals surface area contributed by atoms with Gasteiger partial charge in [0.05, 0.1) is 17.6 Å². The zero-order valence-electron chi connectivity index (χ0n) is 16.9. The predicted octanol–water partition coefficient (Wildman–Crippen LogP) is 2.78. The van der Waals surface area contributed by atoms with Crippen LogP contribution in [0.2, 0.25) is 0 Å². The Morgan fingerprint density at radius 2 is 1.94 bits per heavy atom. The smallest absolute Gasteiger partial charge is 0.263 e. The molecule has 2 unspecified atom stereocenters. The summed E-state index contributed by atoms with van der Waals surface area (Å²) in [7, 11) is 0. The van der Waals surface area contributed by atoms with E-state index in [1.54, 1.807) is 9.58 Å². The van der Waals surface area contributed by atoms with E-state index < -0.39 is 18.8 Å². The van der Waals surface area contributed by atoms with Gasteiger partial charge >= 0.3 is 0 Å². The van der Waals surface area contributed by atoms with Gasteiger partial charge in [0, 0.05) is 11.4 Å². The van der Waals surface area contributed by atoms with E-state index in [2.05, 4.69) is 15.1 Å². The minimum Gasteiger partial charge on any atom is -0.386 e. The van der Waals surface area contributed by atoms with Crippen molar-refractivity contribution in [2.75, 3.05) is 6.67 Å². The standard InChI is InChI=1S/C23H21FN6O/c1-14-6-5-7-15-10-17(30(23(31)19(14)15)16-8-3-2-4-9-16)12-29-22-20(18(11-24)28-29)21(25)26-13-27-22/h2-10,13,20,22H,11-12H2,1H3,(H2,25,26,27). The van der Waals surface area contributed by atoms with Crippen molar-refractivity contribution in [2.45, 2.75) is 19.6 Å². The lowest BCUT2D eigenvalue weighted by Crippen LogP contribution is -2.42. The quantitative estimate of drug-likeness (QED) is 0.709. The number of nitrogens with zero attached hydrogens (tertiary/aromatic N) is 5. The van der Waals surface area contributed by atoms with Gasteiger partial charge in [-0.3, -0.25) is 14.4 Å². The molecule has 5 rings (SSSR count). The molecule has 0 spiro atoms. The van der Waals surface area contributed by atoms with E-state index in [0.717, 1.165) is 22.3 Å². The van der Waals surface area contributed by atoms with E-state index in [-0.39, 0.29) is 12.1 Å². The minimum atomic E-state index is -0.730. The largest absolute Gasteiger partial charge is 0.386 e. The number of alkyl halides is 1. The Bertz CT molecular complexity index is 1310. The van der Waals surface area contributed by atoms with E-state index in [4.69, 9.17) is 5.73 Å². The third-order valence-electron chi connectivity index (χ3n) is 5.77. The van der Waals surface area contributed by atoms with Gasteiger partial charge in [-0.15, -0.1) is 0 Å². The van der Waals surface area contributed by atoms with Crippen molar-refractivity contribution in [1.82, 2.24) is 9.58 Å². The molecule has 0 saturated heterocycles. The number of rotatable bonds is 4. The lowest BCUT2D eigenvalue weighted by atomic mass is 9.99. The highest BCUT2D eigenvalue weighted by atomic mass is 19.1. The highest BCUT2D eigenvalue weighted by Crippen LogP contribution is 2.29.